The number of nitriles is 1. The summed E-state index contributed by atoms with van der Waals surface area (Å²) in [5.41, 5.74) is 0.697. The first-order valence-electron chi connectivity index (χ1n) is 3.83. The highest BCUT2D eigenvalue weighted by Gasteiger charge is 2.03. The predicted octanol–water partition coefficient (Wildman–Crippen LogP) is 0.397. The van der Waals surface area contributed by atoms with E-state index in [9.17, 15) is 4.79 Å². The van der Waals surface area contributed by atoms with E-state index in [1.54, 1.807) is 13.0 Å². The molecule has 0 aromatic carbocycles. The average Bonchev–Trinajstić information content (AvgIpc) is 2.15. The highest BCUT2D eigenvalue weighted by atomic mass is 16.6. The molecular weight excluding hydrogens is 184 g/mol. The molecule has 14 heavy (non-hydrogen) atoms. The molecule has 1 aromatic heterocycles. The van der Waals surface area contributed by atoms with Gasteiger partial charge in [-0.05, 0) is 6.92 Å². The summed E-state index contributed by atoms with van der Waals surface area (Å²) in [7, 11) is 0. The van der Waals surface area contributed by atoms with Gasteiger partial charge in [0, 0.05) is 11.8 Å². The van der Waals surface area contributed by atoms with Crippen molar-refractivity contribution in [1.29, 1.82) is 5.26 Å². The molecule has 1 amide bonds. The van der Waals surface area contributed by atoms with Crippen molar-refractivity contribution in [1.82, 2.24) is 15.3 Å². The Hall–Kier alpha value is -2.16. The summed E-state index contributed by atoms with van der Waals surface area (Å²) in [5.74, 6) is 0.160. The van der Waals surface area contributed by atoms with E-state index >= 15 is 0 Å². The van der Waals surface area contributed by atoms with Gasteiger partial charge in [-0.25, -0.2) is 14.8 Å². The van der Waals surface area contributed by atoms with Crippen LogP contribution in [0.2, 0.25) is 0 Å². The summed E-state index contributed by atoms with van der Waals surface area (Å²) in [6.07, 6.45) is 0.590. The van der Waals surface area contributed by atoms with E-state index in [4.69, 9.17) is 10.00 Å². The second-order valence-corrected chi connectivity index (χ2v) is 2.40. The van der Waals surface area contributed by atoms with Gasteiger partial charge in [0.2, 0.25) is 5.88 Å². The maximum absolute atomic E-state index is 10.9. The van der Waals surface area contributed by atoms with E-state index in [1.165, 1.54) is 12.4 Å². The third-order valence-electron chi connectivity index (χ3n) is 1.29. The van der Waals surface area contributed by atoms with E-state index in [-0.39, 0.29) is 12.4 Å². The number of amides is 1. The summed E-state index contributed by atoms with van der Waals surface area (Å²) < 4.78 is 4.74. The fourth-order valence-corrected chi connectivity index (χ4v) is 0.729. The maximum atomic E-state index is 10.9. The SMILES string of the molecule is Cc1cc(OC(=O)NCC#N)ncn1. The maximum Gasteiger partial charge on any atom is 0.414 e. The molecule has 6 heteroatoms. The molecular formula is C8H8N4O2. The molecule has 1 rings (SSSR count). The van der Waals surface area contributed by atoms with Crippen LogP contribution in [0.3, 0.4) is 0 Å². The van der Waals surface area contributed by atoms with E-state index in [2.05, 4.69) is 15.3 Å². The topological polar surface area (TPSA) is 87.9 Å². The number of aromatic nitrogens is 2. The summed E-state index contributed by atoms with van der Waals surface area (Å²) in [6, 6.07) is 3.27. The Labute approximate surface area is 80.5 Å². The first-order chi connectivity index (χ1) is 6.72. The number of hydrogen-bond donors (Lipinski definition) is 1. The summed E-state index contributed by atoms with van der Waals surface area (Å²) in [6.45, 7) is 1.66. The lowest BCUT2D eigenvalue weighted by molar-refractivity contribution is 0.200. The van der Waals surface area contributed by atoms with Crippen molar-refractivity contribution in [3.63, 3.8) is 0 Å². The second-order valence-electron chi connectivity index (χ2n) is 2.40. The van der Waals surface area contributed by atoms with Crippen LogP contribution in [0, 0.1) is 18.3 Å². The fourth-order valence-electron chi connectivity index (χ4n) is 0.729. The molecule has 1 N–H and O–H groups in total. The van der Waals surface area contributed by atoms with E-state index < -0.39 is 6.09 Å². The molecule has 0 fully saturated rings. The number of nitrogens with zero attached hydrogens (tertiary/aromatic N) is 3. The van der Waals surface area contributed by atoms with E-state index in [0.717, 1.165) is 0 Å². The third kappa shape index (κ3) is 3.06. The van der Waals surface area contributed by atoms with Gasteiger partial charge in [0.1, 0.15) is 12.9 Å². The molecule has 72 valence electrons. The molecule has 6 nitrogen and oxygen atoms in total. The van der Waals surface area contributed by atoms with Crippen LogP contribution in [0.5, 0.6) is 5.88 Å². The number of carbonyl (C=O) groups excluding carboxylic acids is 1. The molecule has 0 bridgehead atoms. The van der Waals surface area contributed by atoms with Crippen LogP contribution in [-0.2, 0) is 0 Å². The number of ether oxygens (including phenoxy) is 1. The Bertz CT molecular complexity index is 372. The molecule has 0 radical (unpaired) electrons. The van der Waals surface area contributed by atoms with Crippen molar-refractivity contribution in [3.05, 3.63) is 18.1 Å². The van der Waals surface area contributed by atoms with Crippen LogP contribution in [-0.4, -0.2) is 22.6 Å². The number of aryl methyl sites for hydroxylation is 1. The molecule has 1 aromatic rings. The highest BCUT2D eigenvalue weighted by molar-refractivity contribution is 5.69. The number of hydrogen-bond acceptors (Lipinski definition) is 5. The van der Waals surface area contributed by atoms with Crippen molar-refractivity contribution in [3.8, 4) is 11.9 Å². The fraction of sp³-hybridized carbons (Fsp3) is 0.250. The van der Waals surface area contributed by atoms with Gasteiger partial charge >= 0.3 is 6.09 Å². The van der Waals surface area contributed by atoms with Gasteiger partial charge in [-0.2, -0.15) is 5.26 Å². The molecule has 0 saturated carbocycles. The zero-order valence-electron chi connectivity index (χ0n) is 7.52. The molecule has 0 aliphatic rings. The lowest BCUT2D eigenvalue weighted by Crippen LogP contribution is -2.27. The van der Waals surface area contributed by atoms with Gasteiger partial charge in [-0.3, -0.25) is 0 Å². The molecule has 1 heterocycles. The molecule has 0 saturated heterocycles. The lowest BCUT2D eigenvalue weighted by atomic mass is 10.4. The largest absolute Gasteiger partial charge is 0.414 e. The van der Waals surface area contributed by atoms with Crippen molar-refractivity contribution < 1.29 is 9.53 Å². The standard InChI is InChI=1S/C8H8N4O2/c1-6-4-7(12-5-11-6)14-8(13)10-3-2-9/h4-5H,3H2,1H3,(H,10,13). The minimum absolute atomic E-state index is 0.0943. The minimum atomic E-state index is -0.704. The van der Waals surface area contributed by atoms with Crippen LogP contribution >= 0.6 is 0 Å². The van der Waals surface area contributed by atoms with Gasteiger partial charge in [-0.15, -0.1) is 0 Å². The van der Waals surface area contributed by atoms with Crippen LogP contribution < -0.4 is 10.1 Å². The van der Waals surface area contributed by atoms with Crippen molar-refractivity contribution in [2.24, 2.45) is 0 Å². The Morgan fingerprint density at radius 2 is 2.50 bits per heavy atom. The van der Waals surface area contributed by atoms with Crippen LogP contribution in [0.1, 0.15) is 5.69 Å². The first-order valence-corrected chi connectivity index (χ1v) is 3.83. The minimum Gasteiger partial charge on any atom is -0.391 e. The lowest BCUT2D eigenvalue weighted by Gasteiger charge is -2.02. The number of rotatable bonds is 2. The van der Waals surface area contributed by atoms with Gasteiger partial charge in [0.25, 0.3) is 0 Å². The normalized spacial score (nSPS) is 8.86. The van der Waals surface area contributed by atoms with Crippen LogP contribution in [0.25, 0.3) is 0 Å². The van der Waals surface area contributed by atoms with E-state index in [1.807, 2.05) is 0 Å². The molecule has 0 unspecified atom stereocenters. The Balaban J connectivity index is 2.53. The zero-order valence-corrected chi connectivity index (χ0v) is 7.52. The van der Waals surface area contributed by atoms with E-state index in [0.29, 0.717) is 5.69 Å². The quantitative estimate of drug-likeness (QED) is 0.685. The van der Waals surface area contributed by atoms with Crippen LogP contribution in [0.15, 0.2) is 12.4 Å². The van der Waals surface area contributed by atoms with Gasteiger partial charge in [-0.1, -0.05) is 0 Å². The predicted molar refractivity (Wildman–Crippen MR) is 46.4 cm³/mol. The van der Waals surface area contributed by atoms with Gasteiger partial charge in [0.05, 0.1) is 6.07 Å². The Morgan fingerprint density at radius 1 is 1.71 bits per heavy atom. The Morgan fingerprint density at radius 3 is 3.14 bits per heavy atom. The van der Waals surface area contributed by atoms with Gasteiger partial charge < -0.3 is 10.1 Å². The molecule has 0 aliphatic heterocycles. The second kappa shape index (κ2) is 4.77. The monoisotopic (exact) mass is 192 g/mol. The molecule has 0 spiro atoms. The third-order valence-corrected chi connectivity index (χ3v) is 1.29. The van der Waals surface area contributed by atoms with Crippen LogP contribution in [0.4, 0.5) is 4.79 Å². The summed E-state index contributed by atoms with van der Waals surface area (Å²) in [5, 5.41) is 10.4. The molecule has 0 aliphatic carbocycles. The molecule has 0 atom stereocenters. The van der Waals surface area contributed by atoms with Crippen molar-refractivity contribution in [2.75, 3.05) is 6.54 Å². The number of carbonyl (C=O) groups is 1. The average molecular weight is 192 g/mol. The Kier molecular flexibility index (Phi) is 3.38. The first kappa shape index (κ1) is 9.92. The van der Waals surface area contributed by atoms with Crippen molar-refractivity contribution in [2.45, 2.75) is 6.92 Å². The number of nitrogens with one attached hydrogen (secondary N) is 1. The highest BCUT2D eigenvalue weighted by Crippen LogP contribution is 2.05. The van der Waals surface area contributed by atoms with Crippen molar-refractivity contribution >= 4 is 6.09 Å². The smallest absolute Gasteiger partial charge is 0.391 e. The zero-order chi connectivity index (χ0) is 10.4. The summed E-state index contributed by atoms with van der Waals surface area (Å²) >= 11 is 0. The van der Waals surface area contributed by atoms with Gasteiger partial charge in [0.15, 0.2) is 0 Å². The summed E-state index contributed by atoms with van der Waals surface area (Å²) in [4.78, 5) is 18.5.